The second-order valence-corrected chi connectivity index (χ2v) is 3.63. The highest BCUT2D eigenvalue weighted by atomic mass is 16.5. The maximum atomic E-state index is 11.7. The highest BCUT2D eigenvalue weighted by molar-refractivity contribution is 5.95. The molecule has 0 bridgehead atoms. The number of amides is 1. The average molecular weight is 248 g/mol. The molecule has 0 atom stereocenters. The molecule has 1 aromatic heterocycles. The van der Waals surface area contributed by atoms with Crippen LogP contribution in [0.1, 0.15) is 16.2 Å². The lowest BCUT2D eigenvalue weighted by atomic mass is 10.2. The van der Waals surface area contributed by atoms with E-state index in [9.17, 15) is 9.90 Å². The quantitative estimate of drug-likeness (QED) is 0.530. The minimum absolute atomic E-state index is 0.110. The summed E-state index contributed by atoms with van der Waals surface area (Å²) in [4.78, 5) is 15.5. The number of hydrogen-bond donors (Lipinski definition) is 3. The molecule has 18 heavy (non-hydrogen) atoms. The van der Waals surface area contributed by atoms with Crippen molar-refractivity contribution in [2.45, 2.75) is 6.42 Å². The molecule has 7 nitrogen and oxygen atoms in total. The van der Waals surface area contributed by atoms with Crippen molar-refractivity contribution in [1.29, 1.82) is 0 Å². The molecule has 0 saturated heterocycles. The fourth-order valence-corrected chi connectivity index (χ4v) is 1.38. The van der Waals surface area contributed by atoms with Gasteiger partial charge in [-0.3, -0.25) is 4.79 Å². The third-order valence-electron chi connectivity index (χ3n) is 2.33. The van der Waals surface area contributed by atoms with Gasteiger partial charge in [0.2, 0.25) is 6.39 Å². The van der Waals surface area contributed by atoms with Crippen LogP contribution in [-0.2, 0) is 6.42 Å². The normalized spacial score (nSPS) is 10.2. The largest absolute Gasteiger partial charge is 0.506 e. The number of carbonyl (C=O) groups is 1. The van der Waals surface area contributed by atoms with Gasteiger partial charge in [0.05, 0.1) is 5.69 Å². The zero-order valence-corrected chi connectivity index (χ0v) is 9.46. The molecule has 1 aromatic carbocycles. The second-order valence-electron chi connectivity index (χ2n) is 3.63. The number of carbonyl (C=O) groups excluding carboxylic acids is 1. The zero-order chi connectivity index (χ0) is 13.0. The minimum Gasteiger partial charge on any atom is -0.506 e. The van der Waals surface area contributed by atoms with Gasteiger partial charge in [0.25, 0.3) is 5.91 Å². The van der Waals surface area contributed by atoms with Gasteiger partial charge < -0.3 is 20.7 Å². The van der Waals surface area contributed by atoms with Gasteiger partial charge in [-0.05, 0) is 18.2 Å². The molecule has 0 fully saturated rings. The summed E-state index contributed by atoms with van der Waals surface area (Å²) in [5.41, 5.74) is 6.02. The summed E-state index contributed by atoms with van der Waals surface area (Å²) >= 11 is 0. The van der Waals surface area contributed by atoms with Crippen LogP contribution in [0.15, 0.2) is 29.1 Å². The first-order chi connectivity index (χ1) is 8.66. The van der Waals surface area contributed by atoms with E-state index in [0.29, 0.717) is 24.4 Å². The molecular weight excluding hydrogens is 236 g/mol. The summed E-state index contributed by atoms with van der Waals surface area (Å²) in [5, 5.41) is 15.7. The van der Waals surface area contributed by atoms with Gasteiger partial charge in [-0.1, -0.05) is 5.16 Å². The molecule has 1 heterocycles. The Morgan fingerprint density at radius 3 is 3.00 bits per heavy atom. The Morgan fingerprint density at radius 1 is 1.50 bits per heavy atom. The van der Waals surface area contributed by atoms with E-state index >= 15 is 0 Å². The molecule has 0 aliphatic heterocycles. The number of phenols is 1. The fraction of sp³-hybridized carbons (Fsp3) is 0.182. The van der Waals surface area contributed by atoms with Gasteiger partial charge in [-0.25, -0.2) is 0 Å². The molecule has 94 valence electrons. The van der Waals surface area contributed by atoms with Crippen molar-refractivity contribution in [2.24, 2.45) is 0 Å². The van der Waals surface area contributed by atoms with E-state index in [2.05, 4.69) is 20.0 Å². The van der Waals surface area contributed by atoms with E-state index < -0.39 is 0 Å². The van der Waals surface area contributed by atoms with E-state index in [1.54, 1.807) is 6.07 Å². The summed E-state index contributed by atoms with van der Waals surface area (Å²) in [7, 11) is 0. The van der Waals surface area contributed by atoms with E-state index in [1.165, 1.54) is 18.5 Å². The van der Waals surface area contributed by atoms with E-state index in [1.807, 2.05) is 0 Å². The van der Waals surface area contributed by atoms with Crippen LogP contribution in [0.5, 0.6) is 5.75 Å². The van der Waals surface area contributed by atoms with Crippen molar-refractivity contribution in [3.63, 3.8) is 0 Å². The molecular formula is C11H12N4O3. The van der Waals surface area contributed by atoms with Crippen molar-refractivity contribution in [3.8, 4) is 5.75 Å². The highest BCUT2D eigenvalue weighted by Crippen LogP contribution is 2.20. The van der Waals surface area contributed by atoms with Gasteiger partial charge in [-0.15, -0.1) is 0 Å². The third kappa shape index (κ3) is 2.76. The van der Waals surface area contributed by atoms with Gasteiger partial charge in [-0.2, -0.15) is 4.98 Å². The summed E-state index contributed by atoms with van der Waals surface area (Å²) in [6.45, 7) is 0.378. The number of rotatable bonds is 4. The van der Waals surface area contributed by atoms with Crippen molar-refractivity contribution >= 4 is 11.6 Å². The van der Waals surface area contributed by atoms with Crippen LogP contribution in [0.4, 0.5) is 5.69 Å². The van der Waals surface area contributed by atoms with Crippen LogP contribution < -0.4 is 11.1 Å². The molecule has 0 aliphatic carbocycles. The number of nitrogen functional groups attached to an aromatic ring is 1. The maximum Gasteiger partial charge on any atom is 0.251 e. The summed E-state index contributed by atoms with van der Waals surface area (Å²) in [6.07, 6.45) is 1.71. The predicted molar refractivity (Wildman–Crippen MR) is 62.9 cm³/mol. The Balaban J connectivity index is 1.89. The number of hydrogen-bond acceptors (Lipinski definition) is 6. The fourth-order valence-electron chi connectivity index (χ4n) is 1.38. The van der Waals surface area contributed by atoms with Crippen molar-refractivity contribution < 1.29 is 14.4 Å². The summed E-state index contributed by atoms with van der Waals surface area (Å²) in [5.74, 6) is 0.116. The molecule has 2 rings (SSSR count). The van der Waals surface area contributed by atoms with Crippen molar-refractivity contribution in [3.05, 3.63) is 36.0 Å². The average Bonchev–Trinajstić information content (AvgIpc) is 2.85. The minimum atomic E-state index is -0.297. The van der Waals surface area contributed by atoms with E-state index in [0.717, 1.165) is 0 Å². The SMILES string of the molecule is Nc1ccc(C(=O)NCCc2ncon2)cc1O. The Morgan fingerprint density at radius 2 is 2.33 bits per heavy atom. The number of benzene rings is 1. The molecule has 7 heteroatoms. The first kappa shape index (κ1) is 11.9. The lowest BCUT2D eigenvalue weighted by Gasteiger charge is -2.05. The number of nitrogens with zero attached hydrogens (tertiary/aromatic N) is 2. The number of phenolic OH excluding ortho intramolecular Hbond substituents is 1. The van der Waals surface area contributed by atoms with Crippen LogP contribution in [0.3, 0.4) is 0 Å². The first-order valence-electron chi connectivity index (χ1n) is 5.29. The topological polar surface area (TPSA) is 114 Å². The number of nitrogens with one attached hydrogen (secondary N) is 1. The molecule has 2 aromatic rings. The Bertz CT molecular complexity index is 539. The molecule has 0 saturated carbocycles. The maximum absolute atomic E-state index is 11.7. The monoisotopic (exact) mass is 248 g/mol. The predicted octanol–water partition coefficient (Wildman–Crippen LogP) is 0.330. The Kier molecular flexibility index (Phi) is 3.42. The number of anilines is 1. The molecule has 1 amide bonds. The zero-order valence-electron chi connectivity index (χ0n) is 9.46. The van der Waals surface area contributed by atoms with Crippen LogP contribution in [0.2, 0.25) is 0 Å². The van der Waals surface area contributed by atoms with Crippen LogP contribution in [-0.4, -0.2) is 27.7 Å². The standard InChI is InChI=1S/C11H12N4O3/c12-8-2-1-7(5-9(8)16)11(17)13-4-3-10-14-6-18-15-10/h1-2,5-6,16H,3-4,12H2,(H,13,17). The van der Waals surface area contributed by atoms with E-state index in [4.69, 9.17) is 5.73 Å². The highest BCUT2D eigenvalue weighted by Gasteiger charge is 2.08. The number of nitrogens with two attached hydrogens (primary N) is 1. The lowest BCUT2D eigenvalue weighted by molar-refractivity contribution is 0.0953. The summed E-state index contributed by atoms with van der Waals surface area (Å²) in [6, 6.07) is 4.33. The van der Waals surface area contributed by atoms with Gasteiger partial charge >= 0.3 is 0 Å². The number of aromatic hydroxyl groups is 1. The van der Waals surface area contributed by atoms with Gasteiger partial charge in [0.15, 0.2) is 5.82 Å². The van der Waals surface area contributed by atoms with Gasteiger partial charge in [0, 0.05) is 18.5 Å². The number of aromatic nitrogens is 2. The lowest BCUT2D eigenvalue weighted by Crippen LogP contribution is -2.25. The van der Waals surface area contributed by atoms with Gasteiger partial charge in [0.1, 0.15) is 5.75 Å². The third-order valence-corrected chi connectivity index (χ3v) is 2.33. The van der Waals surface area contributed by atoms with E-state index in [-0.39, 0.29) is 17.3 Å². The first-order valence-corrected chi connectivity index (χ1v) is 5.29. The van der Waals surface area contributed by atoms with Crippen molar-refractivity contribution in [2.75, 3.05) is 12.3 Å². The molecule has 0 radical (unpaired) electrons. The Hall–Kier alpha value is -2.57. The molecule has 0 spiro atoms. The smallest absolute Gasteiger partial charge is 0.251 e. The van der Waals surface area contributed by atoms with Crippen LogP contribution in [0, 0.1) is 0 Å². The summed E-state index contributed by atoms with van der Waals surface area (Å²) < 4.78 is 4.56. The van der Waals surface area contributed by atoms with Crippen molar-refractivity contribution in [1.82, 2.24) is 15.5 Å². The molecule has 0 aliphatic rings. The van der Waals surface area contributed by atoms with Crippen LogP contribution in [0.25, 0.3) is 0 Å². The molecule has 4 N–H and O–H groups in total. The Labute approximate surface area is 103 Å². The molecule has 0 unspecified atom stereocenters. The van der Waals surface area contributed by atoms with Crippen LogP contribution >= 0.6 is 0 Å². The second kappa shape index (κ2) is 5.17.